The Morgan fingerprint density at radius 3 is 2.71 bits per heavy atom. The lowest BCUT2D eigenvalue weighted by atomic mass is 10.2. The van der Waals surface area contributed by atoms with Gasteiger partial charge < -0.3 is 19.3 Å². The Bertz CT molecular complexity index is 783. The van der Waals surface area contributed by atoms with Crippen molar-refractivity contribution in [2.24, 2.45) is 5.10 Å². The number of ether oxygens (including phenoxy) is 3. The van der Waals surface area contributed by atoms with Crippen LogP contribution in [0.15, 0.2) is 17.2 Å². The second-order valence-corrected chi connectivity index (χ2v) is 5.61. The molecule has 1 aromatic heterocycles. The van der Waals surface area contributed by atoms with Crippen LogP contribution in [0.25, 0.3) is 0 Å². The number of aromatic amines is 1. The fourth-order valence-corrected chi connectivity index (χ4v) is 2.70. The highest BCUT2D eigenvalue weighted by Gasteiger charge is 2.23. The molecule has 9 heteroatoms. The summed E-state index contributed by atoms with van der Waals surface area (Å²) in [5, 5.41) is 21.3. The lowest BCUT2D eigenvalue weighted by Crippen LogP contribution is -2.05. The van der Waals surface area contributed by atoms with Crippen molar-refractivity contribution < 1.29 is 19.3 Å². The van der Waals surface area contributed by atoms with E-state index in [1.54, 1.807) is 18.3 Å². The maximum atomic E-state index is 9.95. The smallest absolute Gasteiger partial charge is 0.216 e. The van der Waals surface area contributed by atoms with Crippen LogP contribution in [0.5, 0.6) is 17.2 Å². The van der Waals surface area contributed by atoms with E-state index >= 15 is 0 Å². The largest absolute Gasteiger partial charge is 0.502 e. The summed E-state index contributed by atoms with van der Waals surface area (Å²) in [5.74, 6) is 1.18. The number of phenols is 1. The number of aromatic hydroxyl groups is 1. The summed E-state index contributed by atoms with van der Waals surface area (Å²) in [7, 11) is 2.94. The topological polar surface area (TPSA) is 93.9 Å². The van der Waals surface area contributed by atoms with Gasteiger partial charge in [0, 0.05) is 12.2 Å². The second kappa shape index (κ2) is 7.02. The maximum Gasteiger partial charge on any atom is 0.216 e. The summed E-state index contributed by atoms with van der Waals surface area (Å²) >= 11 is 5.23. The number of hydrogen-bond acceptors (Lipinski definition) is 7. The molecule has 1 aliphatic rings. The molecule has 1 aromatic carbocycles. The Morgan fingerprint density at radius 2 is 2.12 bits per heavy atom. The van der Waals surface area contributed by atoms with Crippen molar-refractivity contribution in [3.8, 4) is 17.2 Å². The summed E-state index contributed by atoms with van der Waals surface area (Å²) < 4.78 is 17.8. The Hall–Kier alpha value is -2.39. The van der Waals surface area contributed by atoms with Crippen LogP contribution >= 0.6 is 12.2 Å². The minimum absolute atomic E-state index is 0.0582. The van der Waals surface area contributed by atoms with Gasteiger partial charge in [0.25, 0.3) is 0 Å². The average Bonchev–Trinajstić information content (AvgIpc) is 3.23. The minimum Gasteiger partial charge on any atom is -0.502 e. The first kappa shape index (κ1) is 16.5. The van der Waals surface area contributed by atoms with Gasteiger partial charge in [-0.05, 0) is 37.2 Å². The summed E-state index contributed by atoms with van der Waals surface area (Å²) in [6, 6.07) is 3.30. The fourth-order valence-electron chi connectivity index (χ4n) is 2.52. The molecule has 128 valence electrons. The molecule has 3 rings (SSSR count). The van der Waals surface area contributed by atoms with E-state index in [1.807, 2.05) is 0 Å². The van der Waals surface area contributed by atoms with Crippen molar-refractivity contribution in [1.29, 1.82) is 0 Å². The molecule has 0 amide bonds. The van der Waals surface area contributed by atoms with Crippen LogP contribution < -0.4 is 9.47 Å². The Labute approximate surface area is 143 Å². The zero-order valence-corrected chi connectivity index (χ0v) is 14.2. The highest BCUT2D eigenvalue weighted by atomic mass is 32.1. The molecule has 1 aliphatic heterocycles. The third kappa shape index (κ3) is 3.13. The zero-order valence-electron chi connectivity index (χ0n) is 13.4. The van der Waals surface area contributed by atoms with E-state index in [-0.39, 0.29) is 11.9 Å². The van der Waals surface area contributed by atoms with Crippen molar-refractivity contribution in [3.63, 3.8) is 0 Å². The first-order valence-corrected chi connectivity index (χ1v) is 7.83. The first-order valence-electron chi connectivity index (χ1n) is 7.42. The van der Waals surface area contributed by atoms with Gasteiger partial charge in [0.1, 0.15) is 6.10 Å². The van der Waals surface area contributed by atoms with Crippen LogP contribution in [0, 0.1) is 4.77 Å². The van der Waals surface area contributed by atoms with E-state index < -0.39 is 0 Å². The molecule has 0 saturated carbocycles. The number of methoxy groups -OCH3 is 2. The van der Waals surface area contributed by atoms with Crippen molar-refractivity contribution in [2.75, 3.05) is 20.8 Å². The van der Waals surface area contributed by atoms with E-state index in [9.17, 15) is 5.11 Å². The van der Waals surface area contributed by atoms with Crippen LogP contribution in [-0.2, 0) is 4.74 Å². The van der Waals surface area contributed by atoms with Crippen molar-refractivity contribution >= 4 is 18.4 Å². The van der Waals surface area contributed by atoms with Gasteiger partial charge in [0.05, 0.1) is 20.4 Å². The number of phenolic OH excluding ortho intramolecular Hbond substituents is 1. The quantitative estimate of drug-likeness (QED) is 0.635. The van der Waals surface area contributed by atoms with Crippen molar-refractivity contribution in [1.82, 2.24) is 14.9 Å². The van der Waals surface area contributed by atoms with E-state index in [2.05, 4.69) is 15.3 Å². The first-order chi connectivity index (χ1) is 11.6. The van der Waals surface area contributed by atoms with Crippen LogP contribution in [0.1, 0.15) is 30.3 Å². The normalized spacial score (nSPS) is 17.5. The third-order valence-corrected chi connectivity index (χ3v) is 3.98. The molecule has 2 N–H and O–H groups in total. The van der Waals surface area contributed by atoms with E-state index in [1.165, 1.54) is 18.9 Å². The molecule has 0 aliphatic carbocycles. The van der Waals surface area contributed by atoms with Gasteiger partial charge in [-0.3, -0.25) is 5.10 Å². The molecule has 1 fully saturated rings. The number of nitrogens with one attached hydrogen (secondary N) is 1. The van der Waals surface area contributed by atoms with Gasteiger partial charge in [-0.1, -0.05) is 0 Å². The second-order valence-electron chi connectivity index (χ2n) is 5.22. The molecule has 0 spiro atoms. The van der Waals surface area contributed by atoms with Crippen LogP contribution in [0.4, 0.5) is 0 Å². The number of H-pyrrole nitrogens is 1. The zero-order chi connectivity index (χ0) is 17.1. The minimum atomic E-state index is -0.112. The number of hydrogen-bond donors (Lipinski definition) is 2. The van der Waals surface area contributed by atoms with Crippen molar-refractivity contribution in [2.45, 2.75) is 18.9 Å². The number of nitrogens with zero attached hydrogens (tertiary/aromatic N) is 3. The van der Waals surface area contributed by atoms with Gasteiger partial charge >= 0.3 is 0 Å². The van der Waals surface area contributed by atoms with Gasteiger partial charge in [0.15, 0.2) is 17.3 Å². The molecule has 2 heterocycles. The van der Waals surface area contributed by atoms with Crippen LogP contribution in [-0.4, -0.2) is 47.0 Å². The SMILES string of the molecule is COc1cc(/C=N/n2c([C@H]3CCCO3)n[nH]c2=S)cc(OC)c1O. The molecule has 0 radical (unpaired) electrons. The summed E-state index contributed by atoms with van der Waals surface area (Å²) in [6.07, 6.45) is 3.35. The molecule has 2 aromatic rings. The molecule has 0 unspecified atom stereocenters. The Kier molecular flexibility index (Phi) is 4.81. The number of rotatable bonds is 5. The standard InChI is InChI=1S/C15H18N4O4S/c1-21-11-6-9(7-12(22-2)13(11)20)8-16-19-14(17-18-15(19)24)10-4-3-5-23-10/h6-8,10,20H,3-5H2,1-2H3,(H,18,24)/b16-8+/t10-/m1/s1. The summed E-state index contributed by atoms with van der Waals surface area (Å²) in [6.45, 7) is 0.709. The Balaban J connectivity index is 1.94. The number of aromatic nitrogens is 3. The third-order valence-electron chi connectivity index (χ3n) is 3.72. The molecular weight excluding hydrogens is 332 g/mol. The average molecular weight is 350 g/mol. The summed E-state index contributed by atoms with van der Waals surface area (Å²) in [4.78, 5) is 0. The fraction of sp³-hybridized carbons (Fsp3) is 0.400. The predicted molar refractivity (Wildman–Crippen MR) is 89.5 cm³/mol. The lowest BCUT2D eigenvalue weighted by Gasteiger charge is -2.09. The molecule has 1 atom stereocenters. The maximum absolute atomic E-state index is 9.95. The van der Waals surface area contributed by atoms with E-state index in [0.29, 0.717) is 34.3 Å². The van der Waals surface area contributed by atoms with Gasteiger partial charge in [-0.15, -0.1) is 0 Å². The predicted octanol–water partition coefficient (Wildman–Crippen LogP) is 2.40. The van der Waals surface area contributed by atoms with E-state index in [4.69, 9.17) is 26.4 Å². The molecule has 0 bridgehead atoms. The van der Waals surface area contributed by atoms with Crippen LogP contribution in [0.2, 0.25) is 0 Å². The Morgan fingerprint density at radius 1 is 1.42 bits per heavy atom. The molecule has 8 nitrogen and oxygen atoms in total. The number of benzene rings is 1. The molecular formula is C15H18N4O4S. The molecule has 1 saturated heterocycles. The monoisotopic (exact) mass is 350 g/mol. The molecule has 24 heavy (non-hydrogen) atoms. The van der Waals surface area contributed by atoms with Gasteiger partial charge in [-0.25, -0.2) is 0 Å². The van der Waals surface area contributed by atoms with Crippen molar-refractivity contribution in [3.05, 3.63) is 28.3 Å². The van der Waals surface area contributed by atoms with Crippen LogP contribution in [0.3, 0.4) is 0 Å². The highest BCUT2D eigenvalue weighted by Crippen LogP contribution is 2.36. The van der Waals surface area contributed by atoms with E-state index in [0.717, 1.165) is 12.8 Å². The van der Waals surface area contributed by atoms with Gasteiger partial charge in [-0.2, -0.15) is 14.9 Å². The summed E-state index contributed by atoms with van der Waals surface area (Å²) in [5.41, 5.74) is 0.683. The highest BCUT2D eigenvalue weighted by molar-refractivity contribution is 7.71. The lowest BCUT2D eigenvalue weighted by molar-refractivity contribution is 0.102. The van der Waals surface area contributed by atoms with Gasteiger partial charge in [0.2, 0.25) is 10.5 Å².